The zero-order valence-corrected chi connectivity index (χ0v) is 10.6. The number of ether oxygens (including phenoxy) is 1. The number of hydrogen-bond donors (Lipinski definition) is 0. The number of fused-ring (bicyclic) bond motifs is 1. The Hall–Kier alpha value is -2.16. The Morgan fingerprint density at radius 2 is 1.95 bits per heavy atom. The highest BCUT2D eigenvalue weighted by molar-refractivity contribution is 5.95. The minimum atomic E-state index is -4.59. The number of halogens is 3. The summed E-state index contributed by atoms with van der Waals surface area (Å²) in [5, 5.41) is 9.37. The van der Waals surface area contributed by atoms with Crippen LogP contribution in [0.25, 0.3) is 10.9 Å². The molecule has 3 nitrogen and oxygen atoms in total. The Morgan fingerprint density at radius 1 is 1.32 bits per heavy atom. The molecule has 2 aromatic rings. The lowest BCUT2D eigenvalue weighted by atomic mass is 10.1. The molecule has 0 radical (unpaired) electrons. The Balaban J connectivity index is 3.06. The van der Waals surface area contributed by atoms with E-state index < -0.39 is 11.9 Å². The van der Waals surface area contributed by atoms with Gasteiger partial charge in [-0.25, -0.2) is 0 Å². The predicted molar refractivity (Wildman–Crippen MR) is 63.9 cm³/mol. The number of aryl methyl sites for hydroxylation is 2. The van der Waals surface area contributed by atoms with Crippen molar-refractivity contribution in [1.82, 2.24) is 4.57 Å². The first-order valence-corrected chi connectivity index (χ1v) is 5.46. The minimum Gasteiger partial charge on any atom is -0.495 e. The standard InChI is InChI=1S/C13H11F3N2O/c1-7-4-5-9(19-3)11-10(7)8(6-17)12(18(11)2)13(14,15)16/h4-5H,1-3H3. The molecular formula is C13H11F3N2O. The molecule has 0 saturated carbocycles. The average Bonchev–Trinajstić information content (AvgIpc) is 2.64. The lowest BCUT2D eigenvalue weighted by molar-refractivity contribution is -0.143. The molecule has 0 aliphatic heterocycles. The van der Waals surface area contributed by atoms with E-state index in [1.165, 1.54) is 14.2 Å². The first-order valence-electron chi connectivity index (χ1n) is 5.46. The van der Waals surface area contributed by atoms with Crippen LogP contribution in [0.3, 0.4) is 0 Å². The molecule has 6 heteroatoms. The van der Waals surface area contributed by atoms with Crippen LogP contribution in [0.5, 0.6) is 5.75 Å². The van der Waals surface area contributed by atoms with Gasteiger partial charge in [0.1, 0.15) is 17.5 Å². The van der Waals surface area contributed by atoms with E-state index >= 15 is 0 Å². The van der Waals surface area contributed by atoms with Gasteiger partial charge in [-0.1, -0.05) is 6.07 Å². The number of alkyl halides is 3. The molecule has 0 unspecified atom stereocenters. The van der Waals surface area contributed by atoms with Gasteiger partial charge in [0.25, 0.3) is 0 Å². The highest BCUT2D eigenvalue weighted by Gasteiger charge is 2.39. The molecule has 2 rings (SSSR count). The first kappa shape index (κ1) is 13.3. The summed E-state index contributed by atoms with van der Waals surface area (Å²) in [5.74, 6) is 0.315. The third kappa shape index (κ3) is 1.82. The van der Waals surface area contributed by atoms with Crippen molar-refractivity contribution in [2.45, 2.75) is 13.1 Å². The van der Waals surface area contributed by atoms with Gasteiger partial charge in [-0.2, -0.15) is 18.4 Å². The number of methoxy groups -OCH3 is 1. The van der Waals surface area contributed by atoms with E-state index in [0.29, 0.717) is 11.3 Å². The van der Waals surface area contributed by atoms with Crippen LogP contribution in [0, 0.1) is 18.3 Å². The van der Waals surface area contributed by atoms with Crippen molar-refractivity contribution in [3.05, 3.63) is 29.0 Å². The monoisotopic (exact) mass is 268 g/mol. The van der Waals surface area contributed by atoms with Gasteiger partial charge in [-0.15, -0.1) is 0 Å². The summed E-state index contributed by atoms with van der Waals surface area (Å²) in [4.78, 5) is 0. The van der Waals surface area contributed by atoms with Gasteiger partial charge in [0, 0.05) is 12.4 Å². The van der Waals surface area contributed by atoms with E-state index in [1.54, 1.807) is 25.1 Å². The molecule has 0 aliphatic rings. The Labute approximate surface area is 107 Å². The van der Waals surface area contributed by atoms with Crippen molar-refractivity contribution < 1.29 is 17.9 Å². The van der Waals surface area contributed by atoms with Crippen LogP contribution < -0.4 is 4.74 Å². The number of nitrogens with zero attached hydrogens (tertiary/aromatic N) is 2. The zero-order chi connectivity index (χ0) is 14.4. The fourth-order valence-corrected chi connectivity index (χ4v) is 2.32. The third-order valence-electron chi connectivity index (χ3n) is 3.11. The number of aromatic nitrogens is 1. The average molecular weight is 268 g/mol. The summed E-state index contributed by atoms with van der Waals surface area (Å²) in [6.07, 6.45) is -4.59. The van der Waals surface area contributed by atoms with Crippen LogP contribution in [-0.4, -0.2) is 11.7 Å². The van der Waals surface area contributed by atoms with E-state index in [1.807, 2.05) is 0 Å². The van der Waals surface area contributed by atoms with Crippen LogP contribution in [0.15, 0.2) is 12.1 Å². The van der Waals surface area contributed by atoms with Crippen molar-refractivity contribution >= 4 is 10.9 Å². The molecule has 0 aliphatic carbocycles. The number of hydrogen-bond acceptors (Lipinski definition) is 2. The number of benzene rings is 1. The normalized spacial score (nSPS) is 11.6. The van der Waals surface area contributed by atoms with E-state index in [-0.39, 0.29) is 16.5 Å². The van der Waals surface area contributed by atoms with Gasteiger partial charge in [0.05, 0.1) is 18.2 Å². The quantitative estimate of drug-likeness (QED) is 0.795. The molecule has 1 heterocycles. The van der Waals surface area contributed by atoms with Crippen LogP contribution in [0.1, 0.15) is 16.8 Å². The summed E-state index contributed by atoms with van der Waals surface area (Å²) in [7, 11) is 2.67. The molecule has 100 valence electrons. The maximum absolute atomic E-state index is 13.1. The second kappa shape index (κ2) is 4.19. The SMILES string of the molecule is COc1ccc(C)c2c(C#N)c(C(F)(F)F)n(C)c12. The second-order valence-corrected chi connectivity index (χ2v) is 4.20. The molecule has 0 saturated heterocycles. The van der Waals surface area contributed by atoms with Crippen molar-refractivity contribution in [2.24, 2.45) is 7.05 Å². The molecule has 19 heavy (non-hydrogen) atoms. The van der Waals surface area contributed by atoms with Crippen molar-refractivity contribution in [2.75, 3.05) is 7.11 Å². The number of nitriles is 1. The van der Waals surface area contributed by atoms with E-state index in [4.69, 9.17) is 10.00 Å². The maximum Gasteiger partial charge on any atom is 0.432 e. The van der Waals surface area contributed by atoms with Gasteiger partial charge >= 0.3 is 6.18 Å². The topological polar surface area (TPSA) is 37.9 Å². The van der Waals surface area contributed by atoms with Crippen LogP contribution in [0.4, 0.5) is 13.2 Å². The lowest BCUT2D eigenvalue weighted by Crippen LogP contribution is -2.12. The molecule has 0 bridgehead atoms. The van der Waals surface area contributed by atoms with Gasteiger partial charge in [0.2, 0.25) is 0 Å². The largest absolute Gasteiger partial charge is 0.495 e. The van der Waals surface area contributed by atoms with Crippen molar-refractivity contribution in [1.29, 1.82) is 5.26 Å². The molecule has 0 atom stereocenters. The summed E-state index contributed by atoms with van der Waals surface area (Å²) in [6.45, 7) is 1.67. The summed E-state index contributed by atoms with van der Waals surface area (Å²) in [6, 6.07) is 4.90. The molecule has 0 amide bonds. The molecule has 0 N–H and O–H groups in total. The van der Waals surface area contributed by atoms with Crippen LogP contribution in [0.2, 0.25) is 0 Å². The predicted octanol–water partition coefficient (Wildman–Crippen LogP) is 3.39. The fraction of sp³-hybridized carbons (Fsp3) is 0.308. The highest BCUT2D eigenvalue weighted by Crippen LogP contribution is 2.41. The molecule has 0 fully saturated rings. The minimum absolute atomic E-state index is 0.284. The Bertz CT molecular complexity index is 693. The Morgan fingerprint density at radius 3 is 2.42 bits per heavy atom. The second-order valence-electron chi connectivity index (χ2n) is 4.20. The van der Waals surface area contributed by atoms with Crippen LogP contribution in [-0.2, 0) is 13.2 Å². The van der Waals surface area contributed by atoms with E-state index in [9.17, 15) is 13.2 Å². The number of rotatable bonds is 1. The van der Waals surface area contributed by atoms with Crippen LogP contribution >= 0.6 is 0 Å². The van der Waals surface area contributed by atoms with Gasteiger partial charge in [0.15, 0.2) is 0 Å². The molecule has 1 aromatic carbocycles. The summed E-state index contributed by atoms with van der Waals surface area (Å²) < 4.78 is 45.3. The third-order valence-corrected chi connectivity index (χ3v) is 3.11. The Kier molecular flexibility index (Phi) is 2.93. The van der Waals surface area contributed by atoms with Gasteiger partial charge < -0.3 is 9.30 Å². The van der Waals surface area contributed by atoms with Gasteiger partial charge in [-0.05, 0) is 18.6 Å². The smallest absolute Gasteiger partial charge is 0.432 e. The summed E-state index contributed by atoms with van der Waals surface area (Å²) in [5.41, 5.74) is -0.413. The van der Waals surface area contributed by atoms with E-state index in [2.05, 4.69) is 0 Å². The fourth-order valence-electron chi connectivity index (χ4n) is 2.32. The molecule has 1 aromatic heterocycles. The highest BCUT2D eigenvalue weighted by atomic mass is 19.4. The maximum atomic E-state index is 13.1. The van der Waals surface area contributed by atoms with Crippen molar-refractivity contribution in [3.8, 4) is 11.8 Å². The van der Waals surface area contributed by atoms with Crippen molar-refractivity contribution in [3.63, 3.8) is 0 Å². The van der Waals surface area contributed by atoms with E-state index in [0.717, 1.165) is 4.57 Å². The lowest BCUT2D eigenvalue weighted by Gasteiger charge is -2.09. The first-order chi connectivity index (χ1) is 8.82. The van der Waals surface area contributed by atoms with Gasteiger partial charge in [-0.3, -0.25) is 0 Å². The summed E-state index contributed by atoms with van der Waals surface area (Å²) >= 11 is 0. The zero-order valence-electron chi connectivity index (χ0n) is 10.6. The molecule has 0 spiro atoms. The molecular weight excluding hydrogens is 257 g/mol.